The van der Waals surface area contributed by atoms with Crippen LogP contribution >= 0.6 is 0 Å². The number of fused-ring (bicyclic) bond motifs is 1. The molecule has 0 fully saturated rings. The topological polar surface area (TPSA) is 29.9 Å². The van der Waals surface area contributed by atoms with E-state index in [9.17, 15) is 0 Å². The molecule has 106 valence electrons. The van der Waals surface area contributed by atoms with Crippen LogP contribution in [0.1, 0.15) is 54.2 Å². The first-order valence-corrected chi connectivity index (χ1v) is 7.48. The fraction of sp³-hybridized carbons (Fsp3) is 0.471. The van der Waals surface area contributed by atoms with Crippen LogP contribution in [0.5, 0.6) is 0 Å². The molecule has 2 atom stereocenters. The predicted molar refractivity (Wildman–Crippen MR) is 81.6 cm³/mol. The van der Waals surface area contributed by atoms with Crippen LogP contribution in [0.15, 0.2) is 30.5 Å². The van der Waals surface area contributed by atoms with Gasteiger partial charge in [0.1, 0.15) is 0 Å². The Morgan fingerprint density at radius 1 is 1.40 bits per heavy atom. The van der Waals surface area contributed by atoms with Gasteiger partial charge in [-0.15, -0.1) is 0 Å². The van der Waals surface area contributed by atoms with Gasteiger partial charge in [-0.05, 0) is 38.7 Å². The molecule has 1 aliphatic carbocycles. The molecule has 0 spiro atoms. The van der Waals surface area contributed by atoms with E-state index >= 15 is 0 Å². The molecule has 1 aliphatic rings. The van der Waals surface area contributed by atoms with Crippen molar-refractivity contribution in [3.63, 3.8) is 0 Å². The minimum absolute atomic E-state index is 0.367. The molecule has 1 aromatic heterocycles. The van der Waals surface area contributed by atoms with Crippen LogP contribution in [0.4, 0.5) is 0 Å². The second kappa shape index (κ2) is 5.41. The van der Waals surface area contributed by atoms with Gasteiger partial charge in [0.25, 0.3) is 0 Å². The Morgan fingerprint density at radius 3 is 3.05 bits per heavy atom. The van der Waals surface area contributed by atoms with Gasteiger partial charge in [0.2, 0.25) is 0 Å². The maximum absolute atomic E-state index is 4.42. The van der Waals surface area contributed by atoms with Crippen molar-refractivity contribution in [1.29, 1.82) is 0 Å². The normalized spacial score (nSPS) is 19.6. The lowest BCUT2D eigenvalue weighted by atomic mass is 9.92. The number of hydrogen-bond acceptors (Lipinski definition) is 2. The fourth-order valence-electron chi connectivity index (χ4n) is 3.22. The highest BCUT2D eigenvalue weighted by Crippen LogP contribution is 2.31. The number of rotatable bonds is 3. The molecule has 0 saturated carbocycles. The zero-order valence-corrected chi connectivity index (χ0v) is 12.6. The minimum Gasteiger partial charge on any atom is -0.303 e. The molecule has 1 N–H and O–H groups in total. The number of nitrogens with zero attached hydrogens (tertiary/aromatic N) is 2. The maximum Gasteiger partial charge on any atom is 0.0540 e. The summed E-state index contributed by atoms with van der Waals surface area (Å²) in [6.07, 6.45) is 5.64. The zero-order valence-electron chi connectivity index (χ0n) is 12.6. The monoisotopic (exact) mass is 269 g/mol. The van der Waals surface area contributed by atoms with Gasteiger partial charge in [0.05, 0.1) is 6.20 Å². The van der Waals surface area contributed by atoms with E-state index < -0.39 is 0 Å². The lowest BCUT2D eigenvalue weighted by Crippen LogP contribution is -2.27. The largest absolute Gasteiger partial charge is 0.303 e. The lowest BCUT2D eigenvalue weighted by Gasteiger charge is -2.27. The zero-order chi connectivity index (χ0) is 14.1. The molecule has 3 nitrogen and oxygen atoms in total. The Morgan fingerprint density at radius 2 is 2.25 bits per heavy atom. The highest BCUT2D eigenvalue weighted by atomic mass is 15.3. The molecule has 0 amide bonds. The molecule has 0 aliphatic heterocycles. The Balaban J connectivity index is 1.78. The SMILES string of the molecule is Cc1cccc([C@@H](C)NC2CCCc3c2cnn3C)c1. The minimum atomic E-state index is 0.367. The standard InChI is InChI=1S/C17H23N3/c1-12-6-4-7-14(10-12)13(2)19-16-8-5-9-17-15(16)11-18-20(17)3/h4,6-7,10-11,13,16,19H,5,8-9H2,1-3H3/t13-,16?/m1/s1. The van der Waals surface area contributed by atoms with E-state index in [0.29, 0.717) is 12.1 Å². The Bertz CT molecular complexity index is 600. The average Bonchev–Trinajstić information content (AvgIpc) is 2.82. The third-order valence-corrected chi connectivity index (χ3v) is 4.37. The molecule has 3 rings (SSSR count). The molecule has 1 heterocycles. The Labute approximate surface area is 121 Å². The van der Waals surface area contributed by atoms with E-state index in [4.69, 9.17) is 0 Å². The molecule has 3 heteroatoms. The van der Waals surface area contributed by atoms with E-state index in [2.05, 4.69) is 48.5 Å². The van der Waals surface area contributed by atoms with Crippen molar-refractivity contribution in [1.82, 2.24) is 15.1 Å². The molecule has 1 unspecified atom stereocenters. The smallest absolute Gasteiger partial charge is 0.0540 e. The van der Waals surface area contributed by atoms with E-state index in [1.54, 1.807) is 0 Å². The molecular formula is C17H23N3. The number of aromatic nitrogens is 2. The summed E-state index contributed by atoms with van der Waals surface area (Å²) >= 11 is 0. The summed E-state index contributed by atoms with van der Waals surface area (Å²) in [4.78, 5) is 0. The van der Waals surface area contributed by atoms with Crippen LogP contribution in [0.2, 0.25) is 0 Å². The van der Waals surface area contributed by atoms with Crippen LogP contribution in [0.3, 0.4) is 0 Å². The lowest BCUT2D eigenvalue weighted by molar-refractivity contribution is 0.411. The number of benzene rings is 1. The Kier molecular flexibility index (Phi) is 3.62. The summed E-state index contributed by atoms with van der Waals surface area (Å²) in [5, 5.41) is 8.20. The van der Waals surface area contributed by atoms with Crippen LogP contribution in [-0.2, 0) is 13.5 Å². The number of aryl methyl sites for hydroxylation is 2. The molecule has 0 radical (unpaired) electrons. The van der Waals surface area contributed by atoms with Crippen molar-refractivity contribution in [2.75, 3.05) is 0 Å². The molecular weight excluding hydrogens is 246 g/mol. The third-order valence-electron chi connectivity index (χ3n) is 4.37. The summed E-state index contributed by atoms with van der Waals surface area (Å²) in [6.45, 7) is 4.40. The van der Waals surface area contributed by atoms with Gasteiger partial charge < -0.3 is 5.32 Å². The van der Waals surface area contributed by atoms with Gasteiger partial charge in [-0.25, -0.2) is 0 Å². The number of nitrogens with one attached hydrogen (secondary N) is 1. The van der Waals surface area contributed by atoms with Crippen molar-refractivity contribution in [3.05, 3.63) is 52.8 Å². The first-order valence-electron chi connectivity index (χ1n) is 7.48. The third kappa shape index (κ3) is 2.50. The molecule has 2 aromatic rings. The van der Waals surface area contributed by atoms with Crippen LogP contribution < -0.4 is 5.32 Å². The van der Waals surface area contributed by atoms with E-state index in [0.717, 1.165) is 6.42 Å². The van der Waals surface area contributed by atoms with Crippen molar-refractivity contribution < 1.29 is 0 Å². The van der Waals surface area contributed by atoms with Crippen molar-refractivity contribution in [3.8, 4) is 0 Å². The van der Waals surface area contributed by atoms with Crippen LogP contribution in [0, 0.1) is 6.92 Å². The van der Waals surface area contributed by atoms with Crippen molar-refractivity contribution >= 4 is 0 Å². The molecule has 1 aromatic carbocycles. The molecule has 0 bridgehead atoms. The summed E-state index contributed by atoms with van der Waals surface area (Å²) in [5.74, 6) is 0. The summed E-state index contributed by atoms with van der Waals surface area (Å²) in [7, 11) is 2.05. The van der Waals surface area contributed by atoms with Gasteiger partial charge in [0, 0.05) is 30.4 Å². The molecule has 20 heavy (non-hydrogen) atoms. The van der Waals surface area contributed by atoms with Gasteiger partial charge in [-0.2, -0.15) is 5.10 Å². The summed E-state index contributed by atoms with van der Waals surface area (Å²) in [6, 6.07) is 9.56. The Hall–Kier alpha value is -1.61. The van der Waals surface area contributed by atoms with Gasteiger partial charge in [0.15, 0.2) is 0 Å². The summed E-state index contributed by atoms with van der Waals surface area (Å²) < 4.78 is 2.03. The van der Waals surface area contributed by atoms with Crippen LogP contribution in [0.25, 0.3) is 0 Å². The highest BCUT2D eigenvalue weighted by molar-refractivity contribution is 5.28. The first-order chi connectivity index (χ1) is 9.65. The summed E-state index contributed by atoms with van der Waals surface area (Å²) in [5.41, 5.74) is 5.46. The van der Waals surface area contributed by atoms with E-state index in [-0.39, 0.29) is 0 Å². The average molecular weight is 269 g/mol. The van der Waals surface area contributed by atoms with Gasteiger partial charge >= 0.3 is 0 Å². The maximum atomic E-state index is 4.42. The van der Waals surface area contributed by atoms with Crippen molar-refractivity contribution in [2.24, 2.45) is 7.05 Å². The predicted octanol–water partition coefficient (Wildman–Crippen LogP) is 3.46. The first kappa shape index (κ1) is 13.4. The van der Waals surface area contributed by atoms with Gasteiger partial charge in [-0.1, -0.05) is 29.8 Å². The van der Waals surface area contributed by atoms with E-state index in [1.807, 2.05) is 17.9 Å². The van der Waals surface area contributed by atoms with Crippen LogP contribution in [-0.4, -0.2) is 9.78 Å². The van der Waals surface area contributed by atoms with E-state index in [1.165, 1.54) is 35.2 Å². The molecule has 0 saturated heterocycles. The van der Waals surface area contributed by atoms with Crippen molar-refractivity contribution in [2.45, 2.75) is 45.2 Å². The van der Waals surface area contributed by atoms with Gasteiger partial charge in [-0.3, -0.25) is 4.68 Å². The number of hydrogen-bond donors (Lipinski definition) is 1. The highest BCUT2D eigenvalue weighted by Gasteiger charge is 2.24. The second-order valence-electron chi connectivity index (χ2n) is 5.92. The quantitative estimate of drug-likeness (QED) is 0.925. The fourth-order valence-corrected chi connectivity index (χ4v) is 3.22. The second-order valence-corrected chi connectivity index (χ2v) is 5.92.